The van der Waals surface area contributed by atoms with Gasteiger partial charge in [0.05, 0.1) is 18.9 Å². The lowest BCUT2D eigenvalue weighted by Gasteiger charge is -2.13. The van der Waals surface area contributed by atoms with Gasteiger partial charge in [-0.15, -0.1) is 0 Å². The quantitative estimate of drug-likeness (QED) is 0.793. The number of urea groups is 1. The first-order chi connectivity index (χ1) is 8.29. The van der Waals surface area contributed by atoms with Crippen LogP contribution in [0, 0.1) is 0 Å². The summed E-state index contributed by atoms with van der Waals surface area (Å²) >= 11 is 0. The third-order valence-corrected chi connectivity index (χ3v) is 2.64. The summed E-state index contributed by atoms with van der Waals surface area (Å²) < 4.78 is 7.40. The van der Waals surface area contributed by atoms with Gasteiger partial charge in [0, 0.05) is 19.6 Å². The third-order valence-electron chi connectivity index (χ3n) is 2.64. The SMILES string of the molecule is CCCn1cc(OCCN2CCNC2=O)cn1. The summed E-state index contributed by atoms with van der Waals surface area (Å²) in [4.78, 5) is 13.0. The van der Waals surface area contributed by atoms with Crippen molar-refractivity contribution in [1.29, 1.82) is 0 Å². The Balaban J connectivity index is 1.72. The van der Waals surface area contributed by atoms with E-state index in [0.717, 1.165) is 31.8 Å². The molecule has 1 N–H and O–H groups in total. The van der Waals surface area contributed by atoms with Crippen molar-refractivity contribution in [1.82, 2.24) is 20.0 Å². The van der Waals surface area contributed by atoms with E-state index in [1.807, 2.05) is 10.9 Å². The first-order valence-corrected chi connectivity index (χ1v) is 5.97. The van der Waals surface area contributed by atoms with Crippen LogP contribution in [-0.4, -0.2) is 47.0 Å². The van der Waals surface area contributed by atoms with Crippen molar-refractivity contribution in [2.45, 2.75) is 19.9 Å². The Kier molecular flexibility index (Phi) is 3.85. The molecule has 0 unspecified atom stereocenters. The van der Waals surface area contributed by atoms with Gasteiger partial charge in [0.15, 0.2) is 5.75 Å². The second-order valence-electron chi connectivity index (χ2n) is 4.01. The molecule has 2 heterocycles. The number of nitrogens with zero attached hydrogens (tertiary/aromatic N) is 3. The van der Waals surface area contributed by atoms with Crippen molar-refractivity contribution in [2.24, 2.45) is 0 Å². The lowest BCUT2D eigenvalue weighted by Crippen LogP contribution is -2.31. The first-order valence-electron chi connectivity index (χ1n) is 5.97. The molecule has 2 rings (SSSR count). The van der Waals surface area contributed by atoms with Crippen molar-refractivity contribution in [3.63, 3.8) is 0 Å². The van der Waals surface area contributed by atoms with Gasteiger partial charge in [-0.3, -0.25) is 4.68 Å². The molecular weight excluding hydrogens is 220 g/mol. The zero-order valence-corrected chi connectivity index (χ0v) is 10.1. The molecule has 0 radical (unpaired) electrons. The van der Waals surface area contributed by atoms with E-state index in [0.29, 0.717) is 13.2 Å². The third kappa shape index (κ3) is 3.12. The van der Waals surface area contributed by atoms with Crippen molar-refractivity contribution in [3.8, 4) is 5.75 Å². The van der Waals surface area contributed by atoms with Crippen molar-refractivity contribution in [2.75, 3.05) is 26.2 Å². The number of carbonyl (C=O) groups is 1. The van der Waals surface area contributed by atoms with Gasteiger partial charge in [-0.1, -0.05) is 6.92 Å². The fourth-order valence-electron chi connectivity index (χ4n) is 1.77. The molecular formula is C11H18N4O2. The number of hydrogen-bond donors (Lipinski definition) is 1. The summed E-state index contributed by atoms with van der Waals surface area (Å²) in [7, 11) is 0. The van der Waals surface area contributed by atoms with E-state index in [-0.39, 0.29) is 6.03 Å². The molecule has 2 amide bonds. The number of amides is 2. The van der Waals surface area contributed by atoms with Crippen LogP contribution in [0.5, 0.6) is 5.75 Å². The molecule has 0 aliphatic carbocycles. The maximum atomic E-state index is 11.2. The van der Waals surface area contributed by atoms with E-state index in [1.165, 1.54) is 0 Å². The molecule has 1 saturated heterocycles. The predicted octanol–water partition coefficient (Wildman–Crippen LogP) is 0.697. The Morgan fingerprint density at radius 2 is 2.41 bits per heavy atom. The fourth-order valence-corrected chi connectivity index (χ4v) is 1.77. The summed E-state index contributed by atoms with van der Waals surface area (Å²) in [6, 6.07) is -0.00437. The maximum Gasteiger partial charge on any atom is 0.317 e. The fraction of sp³-hybridized carbons (Fsp3) is 0.636. The molecule has 0 saturated carbocycles. The van der Waals surface area contributed by atoms with Crippen molar-refractivity contribution >= 4 is 6.03 Å². The molecule has 1 fully saturated rings. The molecule has 17 heavy (non-hydrogen) atoms. The zero-order chi connectivity index (χ0) is 12.1. The number of hydrogen-bond acceptors (Lipinski definition) is 3. The average molecular weight is 238 g/mol. The Morgan fingerprint density at radius 1 is 1.53 bits per heavy atom. The van der Waals surface area contributed by atoms with Gasteiger partial charge in [-0.25, -0.2) is 4.79 Å². The Bertz CT molecular complexity index is 377. The van der Waals surface area contributed by atoms with Crippen LogP contribution in [0.15, 0.2) is 12.4 Å². The van der Waals surface area contributed by atoms with Gasteiger partial charge in [-0.2, -0.15) is 5.10 Å². The van der Waals surface area contributed by atoms with Crippen LogP contribution in [0.25, 0.3) is 0 Å². The van der Waals surface area contributed by atoms with Gasteiger partial charge in [0.2, 0.25) is 0 Å². The lowest BCUT2D eigenvalue weighted by molar-refractivity contribution is 0.202. The minimum atomic E-state index is -0.00437. The Hall–Kier alpha value is -1.72. The molecule has 1 aliphatic heterocycles. The predicted molar refractivity (Wildman–Crippen MR) is 63.0 cm³/mol. The monoisotopic (exact) mass is 238 g/mol. The van der Waals surface area contributed by atoms with Crippen LogP contribution in [0.2, 0.25) is 0 Å². The summed E-state index contributed by atoms with van der Waals surface area (Å²) in [6.07, 6.45) is 4.64. The topological polar surface area (TPSA) is 59.4 Å². The normalized spacial score (nSPS) is 15.1. The molecule has 6 nitrogen and oxygen atoms in total. The van der Waals surface area contributed by atoms with Crippen molar-refractivity contribution in [3.05, 3.63) is 12.4 Å². The van der Waals surface area contributed by atoms with E-state index >= 15 is 0 Å². The molecule has 1 aromatic heterocycles. The number of aromatic nitrogens is 2. The van der Waals surface area contributed by atoms with E-state index in [9.17, 15) is 4.79 Å². The minimum absolute atomic E-state index is 0.00437. The van der Waals surface area contributed by atoms with Crippen LogP contribution in [-0.2, 0) is 6.54 Å². The smallest absolute Gasteiger partial charge is 0.317 e. The number of aryl methyl sites for hydroxylation is 1. The van der Waals surface area contributed by atoms with Gasteiger partial charge < -0.3 is 15.0 Å². The second kappa shape index (κ2) is 5.56. The maximum absolute atomic E-state index is 11.2. The van der Waals surface area contributed by atoms with Crippen LogP contribution >= 0.6 is 0 Å². The minimum Gasteiger partial charge on any atom is -0.488 e. The molecule has 0 spiro atoms. The van der Waals surface area contributed by atoms with Crippen LogP contribution < -0.4 is 10.1 Å². The standard InChI is InChI=1S/C11H18N4O2/c1-2-4-15-9-10(8-13-15)17-7-6-14-5-3-12-11(14)16/h8-9H,2-7H2,1H3,(H,12,16). The van der Waals surface area contributed by atoms with Gasteiger partial charge >= 0.3 is 6.03 Å². The number of carbonyl (C=O) groups excluding carboxylic acids is 1. The zero-order valence-electron chi connectivity index (χ0n) is 10.1. The van der Waals surface area contributed by atoms with Crippen LogP contribution in [0.3, 0.4) is 0 Å². The van der Waals surface area contributed by atoms with Crippen LogP contribution in [0.1, 0.15) is 13.3 Å². The molecule has 1 aromatic rings. The van der Waals surface area contributed by atoms with E-state index in [2.05, 4.69) is 17.3 Å². The Labute approximate surface area is 101 Å². The van der Waals surface area contributed by atoms with E-state index < -0.39 is 0 Å². The van der Waals surface area contributed by atoms with Gasteiger partial charge in [0.25, 0.3) is 0 Å². The summed E-state index contributed by atoms with van der Waals surface area (Å²) in [5, 5.41) is 6.92. The van der Waals surface area contributed by atoms with E-state index in [4.69, 9.17) is 4.74 Å². The summed E-state index contributed by atoms with van der Waals surface area (Å²) in [5.41, 5.74) is 0. The molecule has 6 heteroatoms. The molecule has 0 aromatic carbocycles. The second-order valence-corrected chi connectivity index (χ2v) is 4.01. The highest BCUT2D eigenvalue weighted by molar-refractivity contribution is 5.76. The summed E-state index contributed by atoms with van der Waals surface area (Å²) in [5.74, 6) is 0.762. The molecule has 1 aliphatic rings. The highest BCUT2D eigenvalue weighted by Gasteiger charge is 2.18. The number of rotatable bonds is 6. The highest BCUT2D eigenvalue weighted by atomic mass is 16.5. The largest absolute Gasteiger partial charge is 0.488 e. The van der Waals surface area contributed by atoms with Crippen molar-refractivity contribution < 1.29 is 9.53 Å². The number of ether oxygens (including phenoxy) is 1. The Morgan fingerprint density at radius 3 is 3.12 bits per heavy atom. The van der Waals surface area contributed by atoms with E-state index in [1.54, 1.807) is 11.1 Å². The first kappa shape index (κ1) is 11.8. The highest BCUT2D eigenvalue weighted by Crippen LogP contribution is 2.08. The lowest BCUT2D eigenvalue weighted by atomic mass is 10.5. The van der Waals surface area contributed by atoms with Gasteiger partial charge in [-0.05, 0) is 6.42 Å². The van der Waals surface area contributed by atoms with Gasteiger partial charge in [0.1, 0.15) is 6.61 Å². The number of nitrogens with one attached hydrogen (secondary N) is 1. The van der Waals surface area contributed by atoms with Crippen LogP contribution in [0.4, 0.5) is 4.79 Å². The molecule has 0 bridgehead atoms. The molecule has 0 atom stereocenters. The molecule has 94 valence electrons. The average Bonchev–Trinajstić information content (AvgIpc) is 2.90. The summed E-state index contributed by atoms with van der Waals surface area (Å²) in [6.45, 7) is 5.62.